The summed E-state index contributed by atoms with van der Waals surface area (Å²) in [7, 11) is 1.17. The number of nitrogens with zero attached hydrogens (tertiary/aromatic N) is 2. The molecule has 0 atom stereocenters. The zero-order chi connectivity index (χ0) is 16.2. The number of amides is 1. The highest BCUT2D eigenvalue weighted by Gasteiger charge is 2.26. The number of hydrogen-bond acceptors (Lipinski definition) is 5. The number of hydrogen-bond donors (Lipinski definition) is 0. The Hall–Kier alpha value is -2.51. The second-order valence-corrected chi connectivity index (χ2v) is 4.52. The Labute approximate surface area is 120 Å². The third-order valence-electron chi connectivity index (χ3n) is 2.80. The van der Waals surface area contributed by atoms with Crippen molar-refractivity contribution >= 4 is 17.6 Å². The zero-order valence-electron chi connectivity index (χ0n) is 11.8. The molecule has 1 rings (SSSR count). The van der Waals surface area contributed by atoms with Crippen LogP contribution in [-0.2, 0) is 9.53 Å². The molecule has 0 aliphatic carbocycles. The maximum atomic E-state index is 13.7. The predicted molar refractivity (Wildman–Crippen MR) is 71.2 cm³/mol. The van der Waals surface area contributed by atoms with Crippen LogP contribution in [0.4, 0.5) is 10.1 Å². The number of halogens is 1. The van der Waals surface area contributed by atoms with Gasteiger partial charge < -0.3 is 9.64 Å². The summed E-state index contributed by atoms with van der Waals surface area (Å²) in [4.78, 5) is 34.6. The number of ether oxygens (including phenoxy) is 1. The van der Waals surface area contributed by atoms with E-state index in [-0.39, 0.29) is 6.54 Å². The summed E-state index contributed by atoms with van der Waals surface area (Å²) in [5.74, 6) is -2.36. The molecule has 0 bridgehead atoms. The second-order valence-electron chi connectivity index (χ2n) is 4.52. The zero-order valence-corrected chi connectivity index (χ0v) is 11.8. The number of nitro benzene ring substituents is 1. The maximum Gasteiger partial charge on any atom is 0.325 e. The van der Waals surface area contributed by atoms with E-state index in [0.29, 0.717) is 0 Å². The molecule has 0 heterocycles. The first-order valence-electron chi connectivity index (χ1n) is 6.09. The SMILES string of the molecule is COC(=O)CN(C(=O)c1cc([N+](=O)[O-])ccc1F)C(C)C. The van der Waals surface area contributed by atoms with Gasteiger partial charge in [-0.15, -0.1) is 0 Å². The average Bonchev–Trinajstić information content (AvgIpc) is 2.43. The molecule has 0 aliphatic rings. The number of benzene rings is 1. The number of carbonyl (C=O) groups excluding carboxylic acids is 2. The van der Waals surface area contributed by atoms with Crippen LogP contribution >= 0.6 is 0 Å². The molecular weight excluding hydrogens is 283 g/mol. The van der Waals surface area contributed by atoms with Crippen LogP contribution in [-0.4, -0.2) is 41.4 Å². The van der Waals surface area contributed by atoms with Crippen molar-refractivity contribution < 1.29 is 23.6 Å². The second kappa shape index (κ2) is 6.78. The Morgan fingerprint density at radius 1 is 1.43 bits per heavy atom. The predicted octanol–water partition coefficient (Wildman–Crippen LogP) is 1.76. The Bertz CT molecular complexity index is 574. The van der Waals surface area contributed by atoms with E-state index in [4.69, 9.17) is 0 Å². The fourth-order valence-electron chi connectivity index (χ4n) is 1.64. The number of nitro groups is 1. The normalized spacial score (nSPS) is 10.3. The summed E-state index contributed by atoms with van der Waals surface area (Å²) >= 11 is 0. The van der Waals surface area contributed by atoms with Crippen LogP contribution in [0.25, 0.3) is 0 Å². The smallest absolute Gasteiger partial charge is 0.325 e. The van der Waals surface area contributed by atoms with Gasteiger partial charge in [0.25, 0.3) is 11.6 Å². The lowest BCUT2D eigenvalue weighted by atomic mass is 10.1. The van der Waals surface area contributed by atoms with Gasteiger partial charge in [-0.25, -0.2) is 4.39 Å². The molecule has 21 heavy (non-hydrogen) atoms. The molecule has 0 unspecified atom stereocenters. The standard InChI is InChI=1S/C13H15FN2O5/c1-8(2)15(7-12(17)21-3)13(18)10-6-9(16(19)20)4-5-11(10)14/h4-6,8H,7H2,1-3H3. The highest BCUT2D eigenvalue weighted by atomic mass is 19.1. The number of esters is 1. The molecule has 0 N–H and O–H groups in total. The molecule has 0 aliphatic heterocycles. The van der Waals surface area contributed by atoms with Crippen LogP contribution in [0, 0.1) is 15.9 Å². The molecule has 1 aromatic carbocycles. The molecule has 7 nitrogen and oxygen atoms in total. The van der Waals surface area contributed by atoms with E-state index >= 15 is 0 Å². The maximum absolute atomic E-state index is 13.7. The summed E-state index contributed by atoms with van der Waals surface area (Å²) in [6, 6.07) is 2.26. The number of non-ortho nitro benzene ring substituents is 1. The lowest BCUT2D eigenvalue weighted by molar-refractivity contribution is -0.384. The van der Waals surface area contributed by atoms with Gasteiger partial charge in [0, 0.05) is 18.2 Å². The first-order valence-corrected chi connectivity index (χ1v) is 6.09. The average molecular weight is 298 g/mol. The van der Waals surface area contributed by atoms with Crippen LogP contribution in [0.3, 0.4) is 0 Å². The van der Waals surface area contributed by atoms with Gasteiger partial charge in [0.15, 0.2) is 0 Å². The van der Waals surface area contributed by atoms with Crippen molar-refractivity contribution in [2.75, 3.05) is 13.7 Å². The fourth-order valence-corrected chi connectivity index (χ4v) is 1.64. The van der Waals surface area contributed by atoms with Crippen molar-refractivity contribution in [3.63, 3.8) is 0 Å². The molecule has 0 saturated carbocycles. The van der Waals surface area contributed by atoms with Gasteiger partial charge in [0.05, 0.1) is 17.6 Å². The Morgan fingerprint density at radius 2 is 2.05 bits per heavy atom. The molecule has 0 fully saturated rings. The minimum atomic E-state index is -0.888. The van der Waals surface area contributed by atoms with Crippen molar-refractivity contribution in [1.29, 1.82) is 0 Å². The molecule has 1 amide bonds. The quantitative estimate of drug-likeness (QED) is 0.469. The Kier molecular flexibility index (Phi) is 5.34. The van der Waals surface area contributed by atoms with Gasteiger partial charge in [0.2, 0.25) is 0 Å². The monoisotopic (exact) mass is 298 g/mol. The van der Waals surface area contributed by atoms with Crippen LogP contribution in [0.5, 0.6) is 0 Å². The Balaban J connectivity index is 3.17. The summed E-state index contributed by atoms with van der Waals surface area (Å²) in [5, 5.41) is 10.7. The van der Waals surface area contributed by atoms with Gasteiger partial charge >= 0.3 is 5.97 Å². The van der Waals surface area contributed by atoms with Gasteiger partial charge in [0.1, 0.15) is 12.4 Å². The summed E-state index contributed by atoms with van der Waals surface area (Å²) in [6.07, 6.45) is 0. The largest absolute Gasteiger partial charge is 0.468 e. The molecule has 0 saturated heterocycles. The van der Waals surface area contributed by atoms with Crippen molar-refractivity contribution in [1.82, 2.24) is 4.90 Å². The minimum Gasteiger partial charge on any atom is -0.468 e. The lowest BCUT2D eigenvalue weighted by Crippen LogP contribution is -2.41. The molecule has 0 radical (unpaired) electrons. The van der Waals surface area contributed by atoms with E-state index in [9.17, 15) is 24.1 Å². The lowest BCUT2D eigenvalue weighted by Gasteiger charge is -2.25. The molecular formula is C13H15FN2O5. The number of methoxy groups -OCH3 is 1. The van der Waals surface area contributed by atoms with E-state index in [1.807, 2.05) is 0 Å². The highest BCUT2D eigenvalue weighted by Crippen LogP contribution is 2.19. The first kappa shape index (κ1) is 16.5. The first-order chi connectivity index (χ1) is 9.77. The third-order valence-corrected chi connectivity index (χ3v) is 2.80. The third kappa shape index (κ3) is 3.98. The van der Waals surface area contributed by atoms with Gasteiger partial charge in [-0.1, -0.05) is 0 Å². The van der Waals surface area contributed by atoms with Gasteiger partial charge in [-0.2, -0.15) is 0 Å². The molecule has 0 aromatic heterocycles. The van der Waals surface area contributed by atoms with Crippen LogP contribution < -0.4 is 0 Å². The summed E-state index contributed by atoms with van der Waals surface area (Å²) < 4.78 is 18.2. The van der Waals surface area contributed by atoms with E-state index < -0.39 is 39.9 Å². The topological polar surface area (TPSA) is 89.8 Å². The molecule has 1 aromatic rings. The van der Waals surface area contributed by atoms with Crippen LogP contribution in [0.15, 0.2) is 18.2 Å². The Morgan fingerprint density at radius 3 is 2.52 bits per heavy atom. The summed E-state index contributed by atoms with van der Waals surface area (Å²) in [6.45, 7) is 2.90. The fraction of sp³-hybridized carbons (Fsp3) is 0.385. The molecule has 8 heteroatoms. The number of carbonyl (C=O) groups is 2. The summed E-state index contributed by atoms with van der Waals surface area (Å²) in [5.41, 5.74) is -0.858. The van der Waals surface area contributed by atoms with Crippen molar-refractivity contribution in [2.24, 2.45) is 0 Å². The minimum absolute atomic E-state index is 0.366. The van der Waals surface area contributed by atoms with Gasteiger partial charge in [-0.05, 0) is 19.9 Å². The van der Waals surface area contributed by atoms with Crippen molar-refractivity contribution in [2.45, 2.75) is 19.9 Å². The van der Waals surface area contributed by atoms with E-state index in [2.05, 4.69) is 4.74 Å². The number of rotatable bonds is 5. The van der Waals surface area contributed by atoms with E-state index in [1.54, 1.807) is 13.8 Å². The van der Waals surface area contributed by atoms with E-state index in [0.717, 1.165) is 23.1 Å². The highest BCUT2D eigenvalue weighted by molar-refractivity contribution is 5.97. The van der Waals surface area contributed by atoms with Crippen molar-refractivity contribution in [3.8, 4) is 0 Å². The van der Waals surface area contributed by atoms with Gasteiger partial charge in [-0.3, -0.25) is 19.7 Å². The molecule has 0 spiro atoms. The van der Waals surface area contributed by atoms with Crippen LogP contribution in [0.2, 0.25) is 0 Å². The van der Waals surface area contributed by atoms with E-state index in [1.165, 1.54) is 7.11 Å². The van der Waals surface area contributed by atoms with Crippen molar-refractivity contribution in [3.05, 3.63) is 39.7 Å². The molecule has 114 valence electrons. The van der Waals surface area contributed by atoms with Crippen LogP contribution in [0.1, 0.15) is 24.2 Å².